The second-order valence-corrected chi connectivity index (χ2v) is 7.37. The number of hydrogen-bond donors (Lipinski definition) is 3. The standard InChI is InChI=1S/C15H15N5O5S/c1-19(2)13-8-10-9(16-15(21)17-10)7-11(13)18-26(24,25)14-6-4-3-5-12(14)20(22)23/h3-8,18H,1-2H3,(H2,16,17,21). The van der Waals surface area contributed by atoms with E-state index in [4.69, 9.17) is 0 Å². The van der Waals surface area contributed by atoms with Gasteiger partial charge in [-0.1, -0.05) is 12.1 Å². The molecule has 0 aliphatic heterocycles. The molecule has 10 nitrogen and oxygen atoms in total. The Balaban J connectivity index is 2.14. The fourth-order valence-corrected chi connectivity index (χ4v) is 3.80. The minimum atomic E-state index is -4.23. The van der Waals surface area contributed by atoms with Crippen molar-refractivity contribution in [3.8, 4) is 0 Å². The molecule has 0 saturated carbocycles. The van der Waals surface area contributed by atoms with Crippen LogP contribution in [0.5, 0.6) is 0 Å². The molecule has 1 aromatic heterocycles. The van der Waals surface area contributed by atoms with Gasteiger partial charge in [0, 0.05) is 20.2 Å². The lowest BCUT2D eigenvalue weighted by Gasteiger charge is -2.18. The number of nitro benzene ring substituents is 1. The third-order valence-electron chi connectivity index (χ3n) is 3.71. The lowest BCUT2D eigenvalue weighted by Crippen LogP contribution is -2.18. The Bertz CT molecular complexity index is 1160. The minimum absolute atomic E-state index is 0.177. The number of para-hydroxylation sites is 1. The van der Waals surface area contributed by atoms with Gasteiger partial charge in [0.25, 0.3) is 15.7 Å². The van der Waals surface area contributed by atoms with E-state index in [0.29, 0.717) is 16.7 Å². The van der Waals surface area contributed by atoms with Gasteiger partial charge in [0.2, 0.25) is 0 Å². The number of nitrogens with one attached hydrogen (secondary N) is 3. The van der Waals surface area contributed by atoms with Crippen LogP contribution in [-0.4, -0.2) is 37.4 Å². The number of benzene rings is 2. The second-order valence-electron chi connectivity index (χ2n) is 5.72. The van der Waals surface area contributed by atoms with E-state index in [1.54, 1.807) is 25.1 Å². The highest BCUT2D eigenvalue weighted by atomic mass is 32.2. The maximum absolute atomic E-state index is 12.7. The maximum atomic E-state index is 12.7. The largest absolute Gasteiger partial charge is 0.376 e. The van der Waals surface area contributed by atoms with E-state index < -0.39 is 31.2 Å². The van der Waals surface area contributed by atoms with E-state index in [-0.39, 0.29) is 5.69 Å². The number of aromatic nitrogens is 2. The summed E-state index contributed by atoms with van der Waals surface area (Å²) < 4.78 is 27.8. The molecule has 26 heavy (non-hydrogen) atoms. The minimum Gasteiger partial charge on any atom is -0.376 e. The van der Waals surface area contributed by atoms with Crippen LogP contribution < -0.4 is 15.3 Å². The average Bonchev–Trinajstić information content (AvgIpc) is 2.92. The summed E-state index contributed by atoms with van der Waals surface area (Å²) in [6.45, 7) is 0. The fourth-order valence-electron chi connectivity index (χ4n) is 2.56. The molecule has 3 N–H and O–H groups in total. The molecule has 0 atom stereocenters. The molecule has 0 unspecified atom stereocenters. The van der Waals surface area contributed by atoms with E-state index in [1.807, 2.05) is 0 Å². The first-order chi connectivity index (χ1) is 12.2. The van der Waals surface area contributed by atoms with Crippen molar-refractivity contribution in [3.05, 3.63) is 57.0 Å². The Morgan fingerprint density at radius 3 is 2.35 bits per heavy atom. The first kappa shape index (κ1) is 17.5. The molecular weight excluding hydrogens is 362 g/mol. The van der Waals surface area contributed by atoms with Crippen LogP contribution in [0.4, 0.5) is 17.1 Å². The topological polar surface area (TPSA) is 141 Å². The number of aromatic amines is 2. The van der Waals surface area contributed by atoms with Crippen LogP contribution >= 0.6 is 0 Å². The monoisotopic (exact) mass is 377 g/mol. The second kappa shape index (κ2) is 6.19. The molecule has 0 spiro atoms. The summed E-state index contributed by atoms with van der Waals surface area (Å²) >= 11 is 0. The highest BCUT2D eigenvalue weighted by Crippen LogP contribution is 2.32. The summed E-state index contributed by atoms with van der Waals surface area (Å²) in [6, 6.07) is 8.13. The number of nitro groups is 1. The normalized spacial score (nSPS) is 11.5. The summed E-state index contributed by atoms with van der Waals surface area (Å²) in [5, 5.41) is 11.1. The number of sulfonamides is 1. The summed E-state index contributed by atoms with van der Waals surface area (Å²) in [6.07, 6.45) is 0. The molecule has 3 aromatic rings. The van der Waals surface area contributed by atoms with Crippen LogP contribution in [0.3, 0.4) is 0 Å². The van der Waals surface area contributed by atoms with Crippen LogP contribution in [0, 0.1) is 10.1 Å². The summed E-state index contributed by atoms with van der Waals surface area (Å²) in [4.78, 5) is 28.2. The van der Waals surface area contributed by atoms with Crippen molar-refractivity contribution in [2.24, 2.45) is 0 Å². The third kappa shape index (κ3) is 3.11. The molecule has 0 amide bonds. The smallest absolute Gasteiger partial charge is 0.323 e. The number of imidazole rings is 1. The van der Waals surface area contributed by atoms with E-state index >= 15 is 0 Å². The number of fused-ring (bicyclic) bond motifs is 1. The number of hydrogen-bond acceptors (Lipinski definition) is 6. The zero-order valence-electron chi connectivity index (χ0n) is 13.8. The molecule has 0 radical (unpaired) electrons. The molecule has 0 aliphatic rings. The molecule has 0 saturated heterocycles. The van der Waals surface area contributed by atoms with Gasteiger partial charge in [0.1, 0.15) is 0 Å². The van der Waals surface area contributed by atoms with Crippen molar-refractivity contribution in [1.29, 1.82) is 0 Å². The van der Waals surface area contributed by atoms with Crippen molar-refractivity contribution in [2.45, 2.75) is 4.90 Å². The van der Waals surface area contributed by atoms with E-state index in [1.165, 1.54) is 18.2 Å². The maximum Gasteiger partial charge on any atom is 0.323 e. The van der Waals surface area contributed by atoms with Gasteiger partial charge >= 0.3 is 5.69 Å². The summed E-state index contributed by atoms with van der Waals surface area (Å²) in [5.41, 5.74) is 0.616. The van der Waals surface area contributed by atoms with Gasteiger partial charge in [0.05, 0.1) is 27.3 Å². The van der Waals surface area contributed by atoms with Crippen LogP contribution in [0.25, 0.3) is 11.0 Å². The van der Waals surface area contributed by atoms with Gasteiger partial charge in [-0.05, 0) is 18.2 Å². The average molecular weight is 377 g/mol. The first-order valence-electron chi connectivity index (χ1n) is 7.38. The van der Waals surface area contributed by atoms with E-state index in [0.717, 1.165) is 12.1 Å². The van der Waals surface area contributed by atoms with Crippen LogP contribution in [0.15, 0.2) is 46.1 Å². The molecular formula is C15H15N5O5S. The highest BCUT2D eigenvalue weighted by molar-refractivity contribution is 7.92. The van der Waals surface area contributed by atoms with Crippen molar-refractivity contribution in [3.63, 3.8) is 0 Å². The Hall–Kier alpha value is -3.34. The first-order valence-corrected chi connectivity index (χ1v) is 8.87. The molecule has 3 rings (SSSR count). The zero-order chi connectivity index (χ0) is 19.1. The molecule has 0 fully saturated rings. The highest BCUT2D eigenvalue weighted by Gasteiger charge is 2.26. The Kier molecular flexibility index (Phi) is 4.16. The van der Waals surface area contributed by atoms with Crippen LogP contribution in [0.2, 0.25) is 0 Å². The van der Waals surface area contributed by atoms with Crippen molar-refractivity contribution in [2.75, 3.05) is 23.7 Å². The van der Waals surface area contributed by atoms with Crippen molar-refractivity contribution >= 4 is 38.1 Å². The Morgan fingerprint density at radius 1 is 1.12 bits per heavy atom. The van der Waals surface area contributed by atoms with Gasteiger partial charge in [-0.15, -0.1) is 0 Å². The molecule has 1 heterocycles. The number of rotatable bonds is 5. The van der Waals surface area contributed by atoms with Crippen LogP contribution in [-0.2, 0) is 10.0 Å². The van der Waals surface area contributed by atoms with Gasteiger partial charge in [-0.2, -0.15) is 0 Å². The Labute approximate surface area is 147 Å². The number of anilines is 2. The molecule has 0 aliphatic carbocycles. The quantitative estimate of drug-likeness (QED) is 0.456. The van der Waals surface area contributed by atoms with Gasteiger partial charge in [0.15, 0.2) is 4.90 Å². The summed E-state index contributed by atoms with van der Waals surface area (Å²) in [7, 11) is -0.821. The zero-order valence-corrected chi connectivity index (χ0v) is 14.6. The van der Waals surface area contributed by atoms with Crippen molar-refractivity contribution < 1.29 is 13.3 Å². The predicted octanol–water partition coefficient (Wildman–Crippen LogP) is 1.63. The number of H-pyrrole nitrogens is 2. The van der Waals surface area contributed by atoms with Crippen molar-refractivity contribution in [1.82, 2.24) is 9.97 Å². The predicted molar refractivity (Wildman–Crippen MR) is 97.2 cm³/mol. The SMILES string of the molecule is CN(C)c1cc2[nH]c(=O)[nH]c2cc1NS(=O)(=O)c1ccccc1[N+](=O)[O-]. The fraction of sp³-hybridized carbons (Fsp3) is 0.133. The molecule has 0 bridgehead atoms. The summed E-state index contributed by atoms with van der Waals surface area (Å²) in [5.74, 6) is 0. The van der Waals surface area contributed by atoms with Gasteiger partial charge in [-0.25, -0.2) is 13.2 Å². The van der Waals surface area contributed by atoms with E-state index in [2.05, 4.69) is 14.7 Å². The lowest BCUT2D eigenvalue weighted by molar-refractivity contribution is -0.387. The molecule has 2 aromatic carbocycles. The third-order valence-corrected chi connectivity index (χ3v) is 5.12. The van der Waals surface area contributed by atoms with Gasteiger partial charge < -0.3 is 14.9 Å². The Morgan fingerprint density at radius 2 is 1.73 bits per heavy atom. The van der Waals surface area contributed by atoms with Gasteiger partial charge in [-0.3, -0.25) is 14.8 Å². The molecule has 136 valence electrons. The number of nitrogens with zero attached hydrogens (tertiary/aromatic N) is 2. The molecule has 11 heteroatoms. The van der Waals surface area contributed by atoms with E-state index in [9.17, 15) is 23.3 Å². The van der Waals surface area contributed by atoms with Crippen LogP contribution in [0.1, 0.15) is 0 Å². The lowest BCUT2D eigenvalue weighted by atomic mass is 10.2.